The first-order chi connectivity index (χ1) is 14.3. The largest absolute Gasteiger partial charge is 0.494 e. The van der Waals surface area contributed by atoms with Crippen LogP contribution in [0.4, 0.5) is 21.8 Å². The molecule has 0 saturated heterocycles. The summed E-state index contributed by atoms with van der Waals surface area (Å²) in [4.78, 5) is 25.1. The van der Waals surface area contributed by atoms with Crippen LogP contribution in [-0.4, -0.2) is 74.8 Å². The Bertz CT molecular complexity index is 924. The van der Waals surface area contributed by atoms with E-state index in [2.05, 4.69) is 15.3 Å². The molecule has 2 aromatic rings. The number of hydrogen-bond donors (Lipinski definition) is 2. The molecule has 3 N–H and O–H groups in total. The van der Waals surface area contributed by atoms with Crippen LogP contribution >= 0.6 is 0 Å². The zero-order valence-electron chi connectivity index (χ0n) is 17.6. The summed E-state index contributed by atoms with van der Waals surface area (Å²) in [5.74, 6) is -0.256. The zero-order chi connectivity index (χ0) is 21.8. The third-order valence-corrected chi connectivity index (χ3v) is 4.80. The Morgan fingerprint density at radius 1 is 1.33 bits per heavy atom. The maximum atomic E-state index is 14.1. The molecule has 3 rings (SSSR count). The van der Waals surface area contributed by atoms with Gasteiger partial charge in [-0.25, -0.2) is 9.37 Å². The van der Waals surface area contributed by atoms with Crippen LogP contribution in [-0.2, 0) is 11.2 Å². The Labute approximate surface area is 175 Å². The molecule has 1 aromatic carbocycles. The Morgan fingerprint density at radius 2 is 2.10 bits per heavy atom. The fourth-order valence-corrected chi connectivity index (χ4v) is 3.53. The molecule has 1 amide bonds. The van der Waals surface area contributed by atoms with Gasteiger partial charge in [0, 0.05) is 37.5 Å². The Balaban J connectivity index is 1.91. The van der Waals surface area contributed by atoms with Crippen molar-refractivity contribution >= 4 is 23.4 Å². The van der Waals surface area contributed by atoms with Crippen molar-refractivity contribution in [1.29, 1.82) is 0 Å². The van der Waals surface area contributed by atoms with Crippen molar-refractivity contribution in [2.75, 3.05) is 64.0 Å². The van der Waals surface area contributed by atoms with E-state index in [4.69, 9.17) is 15.2 Å². The van der Waals surface area contributed by atoms with Gasteiger partial charge in [0.2, 0.25) is 5.95 Å². The molecule has 1 aliphatic heterocycles. The van der Waals surface area contributed by atoms with Gasteiger partial charge >= 0.3 is 0 Å². The van der Waals surface area contributed by atoms with Gasteiger partial charge in [-0.1, -0.05) is 0 Å². The minimum atomic E-state index is -0.538. The topological polar surface area (TPSA) is 106 Å². The molecule has 0 saturated carbocycles. The number of likely N-dealkylation sites (N-methyl/N-ethyl adjacent to an activating group) is 1. The second-order valence-electron chi connectivity index (χ2n) is 7.34. The van der Waals surface area contributed by atoms with Crippen LogP contribution in [0, 0.1) is 5.82 Å². The predicted octanol–water partition coefficient (Wildman–Crippen LogP) is 1.40. The number of nitrogens with zero attached hydrogens (tertiary/aromatic N) is 4. The molecular formula is C20H27FN6O3. The Morgan fingerprint density at radius 3 is 2.73 bits per heavy atom. The molecule has 0 bridgehead atoms. The number of amides is 1. The number of nitrogen functional groups attached to an aromatic ring is 1. The van der Waals surface area contributed by atoms with Crippen molar-refractivity contribution in [3.8, 4) is 5.75 Å². The van der Waals surface area contributed by atoms with Crippen molar-refractivity contribution < 1.29 is 18.7 Å². The molecule has 1 aromatic heterocycles. The standard InChI is InChI=1S/C20H27FN6O3/c1-26(2)10-12(11-29-3)23-18-14-7-8-27(19(28)17(14)24-20(22)25-18)13-5-6-16(30-4)15(21)9-13/h5-6,9,12H,7-8,10-11H2,1-4H3,(H3,22,23,24,25). The lowest BCUT2D eigenvalue weighted by atomic mass is 10.0. The van der Waals surface area contributed by atoms with E-state index in [1.165, 1.54) is 24.1 Å². The van der Waals surface area contributed by atoms with Gasteiger partial charge in [0.25, 0.3) is 5.91 Å². The molecule has 1 aliphatic rings. The van der Waals surface area contributed by atoms with Gasteiger partial charge in [0.15, 0.2) is 11.6 Å². The number of aromatic nitrogens is 2. The van der Waals surface area contributed by atoms with Gasteiger partial charge in [0.1, 0.15) is 11.5 Å². The number of anilines is 3. The number of ether oxygens (including phenoxy) is 2. The highest BCUT2D eigenvalue weighted by Gasteiger charge is 2.31. The quantitative estimate of drug-likeness (QED) is 0.663. The molecule has 2 heterocycles. The molecule has 0 fully saturated rings. The highest BCUT2D eigenvalue weighted by molar-refractivity contribution is 6.07. The third kappa shape index (κ3) is 4.60. The van der Waals surface area contributed by atoms with E-state index in [1.54, 1.807) is 13.2 Å². The summed E-state index contributed by atoms with van der Waals surface area (Å²) in [6.07, 6.45) is 0.499. The monoisotopic (exact) mass is 418 g/mol. The molecule has 1 unspecified atom stereocenters. The van der Waals surface area contributed by atoms with Crippen molar-refractivity contribution in [3.63, 3.8) is 0 Å². The highest BCUT2D eigenvalue weighted by atomic mass is 19.1. The van der Waals surface area contributed by atoms with Gasteiger partial charge in [-0.2, -0.15) is 4.98 Å². The average Bonchev–Trinajstić information content (AvgIpc) is 2.68. The number of hydrogen-bond acceptors (Lipinski definition) is 8. The molecule has 9 nitrogen and oxygen atoms in total. The molecule has 0 spiro atoms. The SMILES string of the molecule is COCC(CN(C)C)Nc1nc(N)nc2c1CCN(c1ccc(OC)c(F)c1)C2=O. The van der Waals surface area contributed by atoms with E-state index in [0.717, 1.165) is 0 Å². The number of rotatable bonds is 8. The first-order valence-corrected chi connectivity index (χ1v) is 9.56. The second kappa shape index (κ2) is 9.23. The van der Waals surface area contributed by atoms with Crippen molar-refractivity contribution in [1.82, 2.24) is 14.9 Å². The molecule has 10 heteroatoms. The summed E-state index contributed by atoms with van der Waals surface area (Å²) in [5, 5.41) is 3.33. The maximum Gasteiger partial charge on any atom is 0.277 e. The number of nitrogens with one attached hydrogen (secondary N) is 1. The van der Waals surface area contributed by atoms with Crippen molar-refractivity contribution in [2.45, 2.75) is 12.5 Å². The van der Waals surface area contributed by atoms with Crippen LogP contribution in [0.1, 0.15) is 16.1 Å². The molecule has 1 atom stereocenters. The summed E-state index contributed by atoms with van der Waals surface area (Å²) in [6, 6.07) is 4.36. The average molecular weight is 418 g/mol. The summed E-state index contributed by atoms with van der Waals surface area (Å²) in [7, 11) is 6.94. The predicted molar refractivity (Wildman–Crippen MR) is 113 cm³/mol. The number of nitrogens with two attached hydrogens (primary N) is 1. The number of methoxy groups -OCH3 is 2. The number of carbonyl (C=O) groups excluding carboxylic acids is 1. The second-order valence-corrected chi connectivity index (χ2v) is 7.34. The first-order valence-electron chi connectivity index (χ1n) is 9.56. The normalized spacial score (nSPS) is 14.6. The summed E-state index contributed by atoms with van der Waals surface area (Å²) < 4.78 is 24.4. The van der Waals surface area contributed by atoms with Crippen molar-refractivity contribution in [3.05, 3.63) is 35.3 Å². The van der Waals surface area contributed by atoms with Crippen LogP contribution in [0.5, 0.6) is 5.75 Å². The van der Waals surface area contributed by atoms with Crippen molar-refractivity contribution in [2.24, 2.45) is 0 Å². The molecule has 0 aliphatic carbocycles. The third-order valence-electron chi connectivity index (χ3n) is 4.80. The molecule has 30 heavy (non-hydrogen) atoms. The number of fused-ring (bicyclic) bond motifs is 1. The molecular weight excluding hydrogens is 391 g/mol. The van der Waals surface area contributed by atoms with Crippen LogP contribution in [0.15, 0.2) is 18.2 Å². The Kier molecular flexibility index (Phi) is 6.68. The minimum Gasteiger partial charge on any atom is -0.494 e. The van der Waals surface area contributed by atoms with E-state index in [9.17, 15) is 9.18 Å². The maximum absolute atomic E-state index is 14.1. The fourth-order valence-electron chi connectivity index (χ4n) is 3.53. The van der Waals surface area contributed by atoms with Gasteiger partial charge in [-0.3, -0.25) is 4.79 Å². The smallest absolute Gasteiger partial charge is 0.277 e. The van der Waals surface area contributed by atoms with E-state index in [-0.39, 0.29) is 29.3 Å². The van der Waals surface area contributed by atoms with Crippen LogP contribution in [0.25, 0.3) is 0 Å². The minimum absolute atomic E-state index is 0.00613. The summed E-state index contributed by atoms with van der Waals surface area (Å²) >= 11 is 0. The van der Waals surface area contributed by atoms with E-state index >= 15 is 0 Å². The number of benzene rings is 1. The molecule has 0 radical (unpaired) electrons. The molecule has 162 valence electrons. The lowest BCUT2D eigenvalue weighted by Crippen LogP contribution is -2.41. The van der Waals surface area contributed by atoms with Gasteiger partial charge in [-0.05, 0) is 32.6 Å². The van der Waals surface area contributed by atoms with Crippen LogP contribution in [0.2, 0.25) is 0 Å². The van der Waals surface area contributed by atoms with E-state index < -0.39 is 5.82 Å². The number of halogens is 1. The van der Waals surface area contributed by atoms with E-state index in [0.29, 0.717) is 43.2 Å². The fraction of sp³-hybridized carbons (Fsp3) is 0.450. The first kappa shape index (κ1) is 21.7. The van der Waals surface area contributed by atoms with Gasteiger partial charge < -0.3 is 30.3 Å². The summed E-state index contributed by atoms with van der Waals surface area (Å²) in [6.45, 7) is 1.53. The zero-order valence-corrected chi connectivity index (χ0v) is 17.6. The lowest BCUT2D eigenvalue weighted by molar-refractivity contribution is 0.0975. The Hall–Kier alpha value is -2.98. The highest BCUT2D eigenvalue weighted by Crippen LogP contribution is 2.30. The lowest BCUT2D eigenvalue weighted by Gasteiger charge is -2.30. The van der Waals surface area contributed by atoms with Crippen LogP contribution in [0.3, 0.4) is 0 Å². The number of carbonyl (C=O) groups is 1. The summed E-state index contributed by atoms with van der Waals surface area (Å²) in [5.41, 5.74) is 7.23. The van der Waals surface area contributed by atoms with Crippen LogP contribution < -0.4 is 20.7 Å². The van der Waals surface area contributed by atoms with Gasteiger partial charge in [-0.15, -0.1) is 0 Å². The van der Waals surface area contributed by atoms with E-state index in [1.807, 2.05) is 19.0 Å². The van der Waals surface area contributed by atoms with Gasteiger partial charge in [0.05, 0.1) is 19.8 Å².